The van der Waals surface area contributed by atoms with Crippen molar-refractivity contribution in [3.05, 3.63) is 54.4 Å². The molecule has 3 heterocycles. The second kappa shape index (κ2) is 7.11. The van der Waals surface area contributed by atoms with Gasteiger partial charge in [-0.15, -0.1) is 0 Å². The molecule has 4 rings (SSSR count). The van der Waals surface area contributed by atoms with Crippen molar-refractivity contribution < 1.29 is 4.79 Å². The van der Waals surface area contributed by atoms with Gasteiger partial charge in [-0.2, -0.15) is 10.2 Å². The lowest BCUT2D eigenvalue weighted by Gasteiger charge is -2.31. The van der Waals surface area contributed by atoms with Crippen LogP contribution in [0, 0.1) is 6.92 Å². The average molecular weight is 350 g/mol. The topological polar surface area (TPSA) is 79.7 Å². The monoisotopic (exact) mass is 350 g/mol. The first-order chi connectivity index (χ1) is 12.7. The number of amides is 1. The molecule has 1 aliphatic rings. The van der Waals surface area contributed by atoms with Gasteiger partial charge < -0.3 is 4.90 Å². The van der Waals surface area contributed by atoms with E-state index in [9.17, 15) is 4.79 Å². The summed E-state index contributed by atoms with van der Waals surface area (Å²) >= 11 is 0. The molecular formula is C19H22N6O. The third-order valence-electron chi connectivity index (χ3n) is 4.92. The number of likely N-dealkylation sites (tertiary alicyclic amines) is 1. The summed E-state index contributed by atoms with van der Waals surface area (Å²) in [6.45, 7) is 3.70. The normalized spacial score (nSPS) is 17.4. The number of hydrogen-bond donors (Lipinski definition) is 1. The lowest BCUT2D eigenvalue weighted by atomic mass is 9.97. The van der Waals surface area contributed by atoms with Gasteiger partial charge in [0, 0.05) is 30.8 Å². The van der Waals surface area contributed by atoms with E-state index in [0.717, 1.165) is 42.0 Å². The van der Waals surface area contributed by atoms with Gasteiger partial charge in [0.25, 0.3) is 0 Å². The summed E-state index contributed by atoms with van der Waals surface area (Å²) in [5, 5.41) is 11.4. The van der Waals surface area contributed by atoms with Crippen LogP contribution in [0.5, 0.6) is 0 Å². The Morgan fingerprint density at radius 2 is 2.15 bits per heavy atom. The molecule has 1 amide bonds. The molecule has 26 heavy (non-hydrogen) atoms. The number of benzene rings is 1. The van der Waals surface area contributed by atoms with Gasteiger partial charge in [0.05, 0.1) is 5.69 Å². The molecule has 1 aliphatic heterocycles. The Kier molecular flexibility index (Phi) is 4.51. The maximum absolute atomic E-state index is 12.8. The van der Waals surface area contributed by atoms with Gasteiger partial charge in [-0.25, -0.2) is 4.98 Å². The van der Waals surface area contributed by atoms with E-state index in [0.29, 0.717) is 6.54 Å². The molecule has 0 radical (unpaired) electrons. The molecule has 7 heteroatoms. The van der Waals surface area contributed by atoms with Gasteiger partial charge in [0.1, 0.15) is 18.7 Å². The highest BCUT2D eigenvalue weighted by atomic mass is 16.2. The number of aromatic nitrogens is 5. The fourth-order valence-electron chi connectivity index (χ4n) is 3.58. The Morgan fingerprint density at radius 3 is 2.92 bits per heavy atom. The molecule has 0 aliphatic carbocycles. The molecule has 7 nitrogen and oxygen atoms in total. The zero-order valence-corrected chi connectivity index (χ0v) is 14.8. The van der Waals surface area contributed by atoms with Crippen LogP contribution < -0.4 is 0 Å². The van der Waals surface area contributed by atoms with E-state index in [4.69, 9.17) is 0 Å². The molecule has 1 atom stereocenters. The van der Waals surface area contributed by atoms with Crippen molar-refractivity contribution in [3.63, 3.8) is 0 Å². The standard InChI is InChI=1S/C19H22N6O/c1-14-17(15-6-3-2-4-7-15)11-25(23-14)12-18(26)24-9-5-8-16(10-24)19-20-13-21-22-19/h2-4,6-7,11,13,16H,5,8-10,12H2,1H3,(H,20,21,22). The van der Waals surface area contributed by atoms with Crippen LogP contribution >= 0.6 is 0 Å². The van der Waals surface area contributed by atoms with Crippen LogP contribution in [-0.4, -0.2) is 48.9 Å². The highest BCUT2D eigenvalue weighted by Crippen LogP contribution is 2.25. The van der Waals surface area contributed by atoms with Gasteiger partial charge in [0.2, 0.25) is 5.91 Å². The maximum atomic E-state index is 12.8. The van der Waals surface area contributed by atoms with Gasteiger partial charge in [0.15, 0.2) is 0 Å². The van der Waals surface area contributed by atoms with Crippen LogP contribution in [0.3, 0.4) is 0 Å². The fourth-order valence-corrected chi connectivity index (χ4v) is 3.58. The van der Waals surface area contributed by atoms with Crippen molar-refractivity contribution in [2.75, 3.05) is 13.1 Å². The molecule has 134 valence electrons. The van der Waals surface area contributed by atoms with E-state index in [1.54, 1.807) is 4.68 Å². The molecule has 0 spiro atoms. The van der Waals surface area contributed by atoms with Crippen LogP contribution in [0.25, 0.3) is 11.1 Å². The maximum Gasteiger partial charge on any atom is 0.244 e. The summed E-state index contributed by atoms with van der Waals surface area (Å²) in [5.74, 6) is 1.19. The fraction of sp³-hybridized carbons (Fsp3) is 0.368. The third-order valence-corrected chi connectivity index (χ3v) is 4.92. The van der Waals surface area contributed by atoms with Crippen molar-refractivity contribution in [2.45, 2.75) is 32.2 Å². The Labute approximate surface area is 152 Å². The van der Waals surface area contributed by atoms with Crippen molar-refractivity contribution >= 4 is 5.91 Å². The van der Waals surface area contributed by atoms with E-state index >= 15 is 0 Å². The average Bonchev–Trinajstić information content (AvgIpc) is 3.32. The Balaban J connectivity index is 1.45. The minimum Gasteiger partial charge on any atom is -0.340 e. The van der Waals surface area contributed by atoms with E-state index in [-0.39, 0.29) is 18.4 Å². The van der Waals surface area contributed by atoms with Gasteiger partial charge in [-0.3, -0.25) is 14.6 Å². The van der Waals surface area contributed by atoms with Gasteiger partial charge in [-0.05, 0) is 25.3 Å². The molecular weight excluding hydrogens is 328 g/mol. The number of carbonyl (C=O) groups is 1. The van der Waals surface area contributed by atoms with Crippen LogP contribution in [0.15, 0.2) is 42.9 Å². The molecule has 0 saturated carbocycles. The lowest BCUT2D eigenvalue weighted by Crippen LogP contribution is -2.41. The molecule has 1 N–H and O–H groups in total. The van der Waals surface area contributed by atoms with Gasteiger partial charge >= 0.3 is 0 Å². The molecule has 0 bridgehead atoms. The third kappa shape index (κ3) is 3.37. The first kappa shape index (κ1) is 16.5. The Morgan fingerprint density at radius 1 is 1.31 bits per heavy atom. The van der Waals surface area contributed by atoms with Crippen molar-refractivity contribution in [3.8, 4) is 11.1 Å². The number of aryl methyl sites for hydroxylation is 1. The summed E-state index contributed by atoms with van der Waals surface area (Å²) in [5.41, 5.74) is 3.12. The largest absolute Gasteiger partial charge is 0.340 e. The van der Waals surface area contributed by atoms with E-state index < -0.39 is 0 Å². The van der Waals surface area contributed by atoms with Crippen molar-refractivity contribution in [1.82, 2.24) is 29.9 Å². The summed E-state index contributed by atoms with van der Waals surface area (Å²) in [6, 6.07) is 10.1. The lowest BCUT2D eigenvalue weighted by molar-refractivity contribution is -0.133. The number of aromatic amines is 1. The minimum absolute atomic E-state index is 0.0938. The first-order valence-electron chi connectivity index (χ1n) is 8.93. The number of hydrogen-bond acceptors (Lipinski definition) is 4. The molecule has 1 aromatic carbocycles. The molecule has 1 unspecified atom stereocenters. The second-order valence-corrected chi connectivity index (χ2v) is 6.74. The Hall–Kier alpha value is -2.96. The quantitative estimate of drug-likeness (QED) is 0.783. The SMILES string of the molecule is Cc1nn(CC(=O)N2CCCC(c3ncn[nH]3)C2)cc1-c1ccccc1. The second-order valence-electron chi connectivity index (χ2n) is 6.74. The van der Waals surface area contributed by atoms with E-state index in [1.165, 1.54) is 6.33 Å². The molecule has 3 aromatic rings. The zero-order valence-electron chi connectivity index (χ0n) is 14.8. The first-order valence-corrected chi connectivity index (χ1v) is 8.93. The predicted octanol–water partition coefficient (Wildman–Crippen LogP) is 2.38. The number of nitrogens with one attached hydrogen (secondary N) is 1. The van der Waals surface area contributed by atoms with Crippen LogP contribution in [-0.2, 0) is 11.3 Å². The highest BCUT2D eigenvalue weighted by Gasteiger charge is 2.26. The van der Waals surface area contributed by atoms with E-state index in [1.807, 2.05) is 36.2 Å². The summed E-state index contributed by atoms with van der Waals surface area (Å²) in [7, 11) is 0. The smallest absolute Gasteiger partial charge is 0.244 e. The number of carbonyl (C=O) groups excluding carboxylic acids is 1. The van der Waals surface area contributed by atoms with Crippen LogP contribution in [0.4, 0.5) is 0 Å². The summed E-state index contributed by atoms with van der Waals surface area (Å²) in [6.07, 6.45) is 5.48. The molecule has 1 fully saturated rings. The minimum atomic E-state index is 0.0938. The number of nitrogens with zero attached hydrogens (tertiary/aromatic N) is 5. The number of piperidine rings is 1. The number of rotatable bonds is 4. The summed E-state index contributed by atoms with van der Waals surface area (Å²) < 4.78 is 1.75. The van der Waals surface area contributed by atoms with Gasteiger partial charge in [-0.1, -0.05) is 30.3 Å². The molecule has 1 saturated heterocycles. The molecule has 2 aromatic heterocycles. The number of H-pyrrole nitrogens is 1. The van der Waals surface area contributed by atoms with Crippen molar-refractivity contribution in [1.29, 1.82) is 0 Å². The zero-order chi connectivity index (χ0) is 17.9. The summed E-state index contributed by atoms with van der Waals surface area (Å²) in [4.78, 5) is 18.9. The predicted molar refractivity (Wildman–Crippen MR) is 97.3 cm³/mol. The Bertz CT molecular complexity index is 871. The van der Waals surface area contributed by atoms with Crippen LogP contribution in [0.2, 0.25) is 0 Å². The van der Waals surface area contributed by atoms with Crippen LogP contribution in [0.1, 0.15) is 30.3 Å². The van der Waals surface area contributed by atoms with E-state index in [2.05, 4.69) is 32.4 Å². The van der Waals surface area contributed by atoms with Crippen molar-refractivity contribution in [2.24, 2.45) is 0 Å². The highest BCUT2D eigenvalue weighted by molar-refractivity contribution is 5.76.